The summed E-state index contributed by atoms with van der Waals surface area (Å²) in [5.74, 6) is -0.264. The number of hydrogen-bond donors (Lipinski definition) is 2. The van der Waals surface area contributed by atoms with Gasteiger partial charge in [-0.1, -0.05) is 31.5 Å². The Kier molecular flexibility index (Phi) is 6.06. The number of carbonyl (C=O) groups is 2. The molecule has 0 radical (unpaired) electrons. The zero-order chi connectivity index (χ0) is 14.3. The second kappa shape index (κ2) is 7.56. The molecule has 0 bridgehead atoms. The minimum atomic E-state index is -0.205. The van der Waals surface area contributed by atoms with Gasteiger partial charge in [0, 0.05) is 11.6 Å². The van der Waals surface area contributed by atoms with E-state index < -0.39 is 0 Å². The molecule has 1 aromatic rings. The van der Waals surface area contributed by atoms with Crippen molar-refractivity contribution in [1.29, 1.82) is 0 Å². The Bertz CT molecular complexity index is 422. The summed E-state index contributed by atoms with van der Waals surface area (Å²) in [6.07, 6.45) is 1.59. The highest BCUT2D eigenvalue weighted by molar-refractivity contribution is 5.94. The Hall–Kier alpha value is -1.84. The van der Waals surface area contributed by atoms with Crippen LogP contribution in [0.2, 0.25) is 0 Å². The van der Waals surface area contributed by atoms with Crippen LogP contribution in [0.4, 0.5) is 5.69 Å². The van der Waals surface area contributed by atoms with Crippen LogP contribution < -0.4 is 10.6 Å². The Morgan fingerprint density at radius 1 is 1.11 bits per heavy atom. The van der Waals surface area contributed by atoms with E-state index in [1.165, 1.54) is 0 Å². The van der Waals surface area contributed by atoms with Crippen LogP contribution in [0.1, 0.15) is 32.3 Å². The lowest BCUT2D eigenvalue weighted by Gasteiger charge is -2.12. The van der Waals surface area contributed by atoms with Crippen LogP contribution in [0.25, 0.3) is 0 Å². The summed E-state index contributed by atoms with van der Waals surface area (Å²) in [7, 11) is 0. The zero-order valence-corrected chi connectivity index (χ0v) is 11.8. The minimum Gasteiger partial charge on any atom is -0.347 e. The standard InChI is InChI=1S/C15H22N2O2/c1-4-12(5-2)15(19)16-10-14(18)17-13-8-6-11(3)7-9-13/h6-9,12H,4-5,10H2,1-3H3,(H,16,19)(H,17,18). The van der Waals surface area contributed by atoms with Gasteiger partial charge in [0.1, 0.15) is 0 Å². The molecule has 0 saturated heterocycles. The summed E-state index contributed by atoms with van der Waals surface area (Å²) >= 11 is 0. The number of nitrogens with one attached hydrogen (secondary N) is 2. The monoisotopic (exact) mass is 262 g/mol. The first-order chi connectivity index (χ1) is 9.06. The van der Waals surface area contributed by atoms with Crippen molar-refractivity contribution < 1.29 is 9.59 Å². The van der Waals surface area contributed by atoms with Gasteiger partial charge >= 0.3 is 0 Å². The normalized spacial score (nSPS) is 10.3. The van der Waals surface area contributed by atoms with E-state index in [1.54, 1.807) is 0 Å². The molecule has 104 valence electrons. The average Bonchev–Trinajstić information content (AvgIpc) is 2.40. The van der Waals surface area contributed by atoms with E-state index in [0.29, 0.717) is 0 Å². The van der Waals surface area contributed by atoms with Crippen molar-refractivity contribution in [2.45, 2.75) is 33.6 Å². The highest BCUT2D eigenvalue weighted by Crippen LogP contribution is 2.09. The maximum atomic E-state index is 11.7. The smallest absolute Gasteiger partial charge is 0.243 e. The van der Waals surface area contributed by atoms with Crippen LogP contribution >= 0.6 is 0 Å². The summed E-state index contributed by atoms with van der Waals surface area (Å²) in [5, 5.41) is 5.41. The topological polar surface area (TPSA) is 58.2 Å². The molecule has 1 aromatic carbocycles. The van der Waals surface area contributed by atoms with E-state index in [2.05, 4.69) is 10.6 Å². The van der Waals surface area contributed by atoms with E-state index in [1.807, 2.05) is 45.0 Å². The van der Waals surface area contributed by atoms with Gasteiger partial charge < -0.3 is 10.6 Å². The second-order valence-corrected chi connectivity index (χ2v) is 4.65. The summed E-state index contributed by atoms with van der Waals surface area (Å²) < 4.78 is 0. The third-order valence-corrected chi connectivity index (χ3v) is 3.11. The first kappa shape index (κ1) is 15.2. The number of amides is 2. The fourth-order valence-corrected chi connectivity index (χ4v) is 1.81. The summed E-state index contributed by atoms with van der Waals surface area (Å²) in [6.45, 7) is 5.95. The quantitative estimate of drug-likeness (QED) is 0.827. The van der Waals surface area contributed by atoms with Crippen molar-refractivity contribution in [3.05, 3.63) is 29.8 Å². The molecule has 0 heterocycles. The van der Waals surface area contributed by atoms with E-state index in [0.717, 1.165) is 24.1 Å². The molecule has 0 saturated carbocycles. The molecule has 0 aliphatic heterocycles. The van der Waals surface area contributed by atoms with Gasteiger partial charge in [-0.05, 0) is 31.9 Å². The molecular formula is C15H22N2O2. The largest absolute Gasteiger partial charge is 0.347 e. The number of carbonyl (C=O) groups excluding carboxylic acids is 2. The fraction of sp³-hybridized carbons (Fsp3) is 0.467. The number of rotatable bonds is 6. The van der Waals surface area contributed by atoms with Gasteiger partial charge in [-0.3, -0.25) is 9.59 Å². The molecule has 0 unspecified atom stereocenters. The number of hydrogen-bond acceptors (Lipinski definition) is 2. The maximum absolute atomic E-state index is 11.7. The predicted octanol–water partition coefficient (Wildman–Crippen LogP) is 2.49. The third-order valence-electron chi connectivity index (χ3n) is 3.11. The van der Waals surface area contributed by atoms with Gasteiger partial charge in [-0.2, -0.15) is 0 Å². The minimum absolute atomic E-state index is 0.00725. The molecule has 0 aliphatic rings. The molecule has 0 fully saturated rings. The molecule has 1 rings (SSSR count). The molecule has 0 aromatic heterocycles. The van der Waals surface area contributed by atoms with Gasteiger partial charge in [0.05, 0.1) is 6.54 Å². The van der Waals surface area contributed by atoms with Gasteiger partial charge in [-0.15, -0.1) is 0 Å². The van der Waals surface area contributed by atoms with Crippen molar-refractivity contribution in [2.75, 3.05) is 11.9 Å². The van der Waals surface area contributed by atoms with Gasteiger partial charge in [0.2, 0.25) is 11.8 Å². The molecule has 4 heteroatoms. The van der Waals surface area contributed by atoms with Gasteiger partial charge in [0.25, 0.3) is 0 Å². The van der Waals surface area contributed by atoms with Crippen molar-refractivity contribution in [3.8, 4) is 0 Å². The molecular weight excluding hydrogens is 240 g/mol. The van der Waals surface area contributed by atoms with Crippen LogP contribution in [-0.2, 0) is 9.59 Å². The van der Waals surface area contributed by atoms with Gasteiger partial charge in [-0.25, -0.2) is 0 Å². The van der Waals surface area contributed by atoms with Crippen LogP contribution in [0.5, 0.6) is 0 Å². The lowest BCUT2D eigenvalue weighted by Crippen LogP contribution is -2.36. The van der Waals surface area contributed by atoms with E-state index >= 15 is 0 Å². The number of aryl methyl sites for hydroxylation is 1. The summed E-state index contributed by atoms with van der Waals surface area (Å²) in [5.41, 5.74) is 1.88. The maximum Gasteiger partial charge on any atom is 0.243 e. The Morgan fingerprint density at radius 2 is 1.68 bits per heavy atom. The highest BCUT2D eigenvalue weighted by atomic mass is 16.2. The Balaban J connectivity index is 2.39. The lowest BCUT2D eigenvalue weighted by molar-refractivity contribution is -0.127. The number of benzene rings is 1. The zero-order valence-electron chi connectivity index (χ0n) is 11.8. The van der Waals surface area contributed by atoms with Crippen molar-refractivity contribution in [3.63, 3.8) is 0 Å². The van der Waals surface area contributed by atoms with Crippen molar-refractivity contribution >= 4 is 17.5 Å². The summed E-state index contributed by atoms with van der Waals surface area (Å²) in [4.78, 5) is 23.4. The number of anilines is 1. The first-order valence-corrected chi connectivity index (χ1v) is 6.71. The molecule has 0 spiro atoms. The van der Waals surface area contributed by atoms with Crippen LogP contribution in [0.3, 0.4) is 0 Å². The highest BCUT2D eigenvalue weighted by Gasteiger charge is 2.14. The second-order valence-electron chi connectivity index (χ2n) is 4.65. The molecule has 19 heavy (non-hydrogen) atoms. The van der Waals surface area contributed by atoms with Gasteiger partial charge in [0.15, 0.2) is 0 Å². The molecule has 0 atom stereocenters. The van der Waals surface area contributed by atoms with Crippen LogP contribution in [-0.4, -0.2) is 18.4 Å². The fourth-order valence-electron chi connectivity index (χ4n) is 1.81. The van der Waals surface area contributed by atoms with E-state index in [9.17, 15) is 9.59 Å². The third kappa shape index (κ3) is 5.12. The lowest BCUT2D eigenvalue weighted by atomic mass is 10.0. The first-order valence-electron chi connectivity index (χ1n) is 6.71. The molecule has 0 aliphatic carbocycles. The van der Waals surface area contributed by atoms with Crippen LogP contribution in [0.15, 0.2) is 24.3 Å². The Morgan fingerprint density at radius 3 is 2.21 bits per heavy atom. The average molecular weight is 262 g/mol. The van der Waals surface area contributed by atoms with Crippen LogP contribution in [0, 0.1) is 12.8 Å². The van der Waals surface area contributed by atoms with Crippen molar-refractivity contribution in [2.24, 2.45) is 5.92 Å². The summed E-state index contributed by atoms with van der Waals surface area (Å²) in [6, 6.07) is 7.54. The predicted molar refractivity (Wildman–Crippen MR) is 76.9 cm³/mol. The molecule has 4 nitrogen and oxygen atoms in total. The Labute approximate surface area is 114 Å². The van der Waals surface area contributed by atoms with E-state index in [4.69, 9.17) is 0 Å². The SMILES string of the molecule is CCC(CC)C(=O)NCC(=O)Nc1ccc(C)cc1. The molecule has 2 N–H and O–H groups in total. The molecule has 2 amide bonds. The van der Waals surface area contributed by atoms with Crippen molar-refractivity contribution in [1.82, 2.24) is 5.32 Å². The van der Waals surface area contributed by atoms with E-state index in [-0.39, 0.29) is 24.3 Å².